The lowest BCUT2D eigenvalue weighted by Crippen LogP contribution is -2.46. The summed E-state index contributed by atoms with van der Waals surface area (Å²) in [5.41, 5.74) is 3.84. The van der Waals surface area contributed by atoms with E-state index in [0.717, 1.165) is 16.7 Å². The molecule has 55 heavy (non-hydrogen) atoms. The van der Waals surface area contributed by atoms with Gasteiger partial charge in [0.15, 0.2) is 6.29 Å². The molecule has 4 atom stereocenters. The molecule has 2 fully saturated rings. The van der Waals surface area contributed by atoms with E-state index in [2.05, 4.69) is 21.8 Å². The highest BCUT2D eigenvalue weighted by molar-refractivity contribution is 7.92. The average Bonchev–Trinajstić information content (AvgIpc) is 3.22. The Morgan fingerprint density at radius 3 is 1.73 bits per heavy atom. The van der Waals surface area contributed by atoms with E-state index in [1.165, 1.54) is 0 Å². The standard InChI is InChI=1S/C42H52N2O10S/c45-32-33-14-16-35(17-15-33)41-40(34-8-3-1-4-9-34)39(31-44-18-20-48-22-24-50-26-28-52-29-27-51-25-23-49-21-19-44)53-42(54-41)36-10-7-11-37(30-36)43-55(46,47)38-12-5-2-6-13-38/h1-17,30,39-43,45H,18-29,31-32H2/t39-,40-,41+,42?/m1/s1. The van der Waals surface area contributed by atoms with Crippen LogP contribution in [0.15, 0.2) is 114 Å². The van der Waals surface area contributed by atoms with E-state index in [9.17, 15) is 13.5 Å². The van der Waals surface area contributed by atoms with Crippen LogP contribution in [0.3, 0.4) is 0 Å². The molecule has 6 rings (SSSR count). The molecule has 1 unspecified atom stereocenters. The number of anilines is 1. The molecule has 4 aromatic carbocycles. The van der Waals surface area contributed by atoms with Gasteiger partial charge in [-0.2, -0.15) is 0 Å². The maximum absolute atomic E-state index is 13.3. The summed E-state index contributed by atoms with van der Waals surface area (Å²) in [6.45, 7) is 6.56. The molecule has 0 spiro atoms. The molecule has 2 N–H and O–H groups in total. The molecule has 13 heteroatoms. The Morgan fingerprint density at radius 1 is 0.600 bits per heavy atom. The zero-order valence-corrected chi connectivity index (χ0v) is 31.9. The van der Waals surface area contributed by atoms with Gasteiger partial charge in [0.25, 0.3) is 10.0 Å². The normalized spacial score (nSPS) is 23.3. The first-order chi connectivity index (χ1) is 27.0. The topological polar surface area (TPSA) is 134 Å². The molecule has 2 heterocycles. The molecule has 0 radical (unpaired) electrons. The van der Waals surface area contributed by atoms with Crippen molar-refractivity contribution in [1.82, 2.24) is 4.90 Å². The van der Waals surface area contributed by atoms with E-state index in [4.69, 9.17) is 33.2 Å². The lowest BCUT2D eigenvalue weighted by atomic mass is 9.83. The largest absolute Gasteiger partial charge is 0.392 e. The third-order valence-corrected chi connectivity index (χ3v) is 10.9. The minimum Gasteiger partial charge on any atom is -0.392 e. The summed E-state index contributed by atoms with van der Waals surface area (Å²) < 4.78 is 71.9. The van der Waals surface area contributed by atoms with Gasteiger partial charge < -0.3 is 38.3 Å². The Labute approximate surface area is 324 Å². The van der Waals surface area contributed by atoms with Crippen LogP contribution in [0.25, 0.3) is 0 Å². The van der Waals surface area contributed by atoms with E-state index >= 15 is 0 Å². The van der Waals surface area contributed by atoms with Crippen molar-refractivity contribution in [1.29, 1.82) is 0 Å². The zero-order valence-electron chi connectivity index (χ0n) is 31.1. The van der Waals surface area contributed by atoms with Gasteiger partial charge in [-0.1, -0.05) is 84.9 Å². The first-order valence-electron chi connectivity index (χ1n) is 18.8. The van der Waals surface area contributed by atoms with Crippen LogP contribution in [0.4, 0.5) is 5.69 Å². The van der Waals surface area contributed by atoms with Crippen molar-refractivity contribution in [2.45, 2.75) is 35.9 Å². The monoisotopic (exact) mass is 776 g/mol. The van der Waals surface area contributed by atoms with Crippen molar-refractivity contribution in [3.8, 4) is 0 Å². The molecule has 0 bridgehead atoms. The molecule has 2 aliphatic rings. The predicted molar refractivity (Wildman–Crippen MR) is 207 cm³/mol. The number of hydrogen-bond acceptors (Lipinski definition) is 11. The molecule has 296 valence electrons. The van der Waals surface area contributed by atoms with E-state index in [1.807, 2.05) is 48.5 Å². The molecule has 0 saturated carbocycles. The predicted octanol–water partition coefficient (Wildman–Crippen LogP) is 5.32. The molecule has 2 saturated heterocycles. The molecular formula is C42H52N2O10S. The van der Waals surface area contributed by atoms with Crippen LogP contribution in [0, 0.1) is 0 Å². The number of benzene rings is 4. The highest BCUT2D eigenvalue weighted by Crippen LogP contribution is 2.47. The summed E-state index contributed by atoms with van der Waals surface area (Å²) in [5, 5.41) is 9.81. The molecular weight excluding hydrogens is 725 g/mol. The van der Waals surface area contributed by atoms with E-state index < -0.39 is 22.4 Å². The number of nitrogens with one attached hydrogen (secondary N) is 1. The lowest BCUT2D eigenvalue weighted by molar-refractivity contribution is -0.263. The summed E-state index contributed by atoms with van der Waals surface area (Å²) in [7, 11) is -3.83. The zero-order chi connectivity index (χ0) is 38.1. The number of ether oxygens (including phenoxy) is 7. The van der Waals surface area contributed by atoms with Crippen molar-refractivity contribution >= 4 is 15.7 Å². The van der Waals surface area contributed by atoms with Gasteiger partial charge in [-0.25, -0.2) is 8.42 Å². The van der Waals surface area contributed by atoms with Gasteiger partial charge in [0, 0.05) is 36.8 Å². The third kappa shape index (κ3) is 12.4. The molecule has 0 aliphatic carbocycles. The van der Waals surface area contributed by atoms with E-state index in [-0.39, 0.29) is 23.5 Å². The Balaban J connectivity index is 1.29. The summed E-state index contributed by atoms with van der Waals surface area (Å²) >= 11 is 0. The average molecular weight is 777 g/mol. The van der Waals surface area contributed by atoms with Gasteiger partial charge in [0.1, 0.15) is 0 Å². The van der Waals surface area contributed by atoms with Gasteiger partial charge in [-0.15, -0.1) is 0 Å². The van der Waals surface area contributed by atoms with Crippen molar-refractivity contribution in [3.05, 3.63) is 131 Å². The van der Waals surface area contributed by atoms with Crippen LogP contribution in [0.2, 0.25) is 0 Å². The van der Waals surface area contributed by atoms with E-state index in [1.54, 1.807) is 48.5 Å². The minimum absolute atomic E-state index is 0.0697. The van der Waals surface area contributed by atoms with Gasteiger partial charge >= 0.3 is 0 Å². The highest BCUT2D eigenvalue weighted by Gasteiger charge is 2.42. The second-order valence-corrected chi connectivity index (χ2v) is 15.0. The number of aliphatic hydroxyl groups is 1. The number of aliphatic hydroxyl groups excluding tert-OH is 1. The molecule has 2 aliphatic heterocycles. The Bertz CT molecular complexity index is 1780. The number of sulfonamides is 1. The first kappa shape index (κ1) is 40.9. The summed E-state index contributed by atoms with van der Waals surface area (Å²) in [5.74, 6) is -0.226. The van der Waals surface area contributed by atoms with Crippen LogP contribution >= 0.6 is 0 Å². The fraction of sp³-hybridized carbons (Fsp3) is 0.429. The fourth-order valence-electron chi connectivity index (χ4n) is 6.65. The molecule has 4 aromatic rings. The SMILES string of the molecule is O=S(=O)(Nc1cccc(C2O[C@H](CN3CCOCCOCCOCCOCCOCC3)[C@@H](c3ccccc3)[C@H](c3ccc(CO)cc3)O2)c1)c1ccccc1. The minimum atomic E-state index is -3.83. The van der Waals surface area contributed by atoms with Gasteiger partial charge in [0.05, 0.1) is 89.8 Å². The number of rotatable bonds is 9. The van der Waals surface area contributed by atoms with Crippen molar-refractivity contribution in [3.63, 3.8) is 0 Å². The van der Waals surface area contributed by atoms with Gasteiger partial charge in [0.2, 0.25) is 0 Å². The summed E-state index contributed by atoms with van der Waals surface area (Å²) in [6.07, 6.45) is -1.66. The van der Waals surface area contributed by atoms with Gasteiger partial charge in [-0.05, 0) is 41.0 Å². The number of nitrogens with zero attached hydrogens (tertiary/aromatic N) is 1. The van der Waals surface area contributed by atoms with Crippen LogP contribution in [0.1, 0.15) is 40.6 Å². The first-order valence-corrected chi connectivity index (χ1v) is 20.3. The second kappa shape index (κ2) is 21.5. The highest BCUT2D eigenvalue weighted by atomic mass is 32.2. The third-order valence-electron chi connectivity index (χ3n) is 9.47. The van der Waals surface area contributed by atoms with Crippen molar-refractivity contribution in [2.24, 2.45) is 0 Å². The van der Waals surface area contributed by atoms with Crippen LogP contribution in [-0.2, 0) is 49.8 Å². The molecule has 0 amide bonds. The Kier molecular flexibility index (Phi) is 16.0. The van der Waals surface area contributed by atoms with Crippen LogP contribution in [-0.4, -0.2) is 110 Å². The quantitative estimate of drug-likeness (QED) is 0.229. The van der Waals surface area contributed by atoms with Crippen LogP contribution in [0.5, 0.6) is 0 Å². The second-order valence-electron chi connectivity index (χ2n) is 13.3. The van der Waals surface area contributed by atoms with Gasteiger partial charge in [-0.3, -0.25) is 9.62 Å². The summed E-state index contributed by atoms with van der Waals surface area (Å²) in [4.78, 5) is 2.46. The van der Waals surface area contributed by atoms with Crippen LogP contribution < -0.4 is 4.72 Å². The maximum atomic E-state index is 13.3. The Morgan fingerprint density at radius 2 is 1.15 bits per heavy atom. The molecule has 12 nitrogen and oxygen atoms in total. The van der Waals surface area contributed by atoms with Crippen molar-refractivity contribution in [2.75, 3.05) is 90.4 Å². The fourth-order valence-corrected chi connectivity index (χ4v) is 7.72. The smallest absolute Gasteiger partial charge is 0.261 e. The molecule has 0 aromatic heterocycles. The Hall–Kier alpha value is -3.73. The lowest BCUT2D eigenvalue weighted by Gasteiger charge is -2.44. The van der Waals surface area contributed by atoms with Crippen molar-refractivity contribution < 1.29 is 46.7 Å². The summed E-state index contributed by atoms with van der Waals surface area (Å²) in [6, 6.07) is 33.4. The van der Waals surface area contributed by atoms with E-state index in [0.29, 0.717) is 97.0 Å². The maximum Gasteiger partial charge on any atom is 0.261 e. The number of hydrogen-bond donors (Lipinski definition) is 2.